The fraction of sp³-hybridized carbons (Fsp3) is 0.467. The predicted molar refractivity (Wildman–Crippen MR) is 75.2 cm³/mol. The second-order valence-corrected chi connectivity index (χ2v) is 5.40. The Labute approximate surface area is 118 Å². The number of carboxylic acid groups (broad SMARTS) is 1. The number of hydrogen-bond acceptors (Lipinski definition) is 3. The Hall–Kier alpha value is -1.88. The molecule has 0 aromatic heterocycles. The number of nitrogens with one attached hydrogen (secondary N) is 2. The molecule has 5 heteroatoms. The normalized spacial score (nSPS) is 23.2. The van der Waals surface area contributed by atoms with Crippen molar-refractivity contribution in [1.82, 2.24) is 10.6 Å². The number of carbonyl (C=O) groups is 2. The third-order valence-electron chi connectivity index (χ3n) is 3.76. The third-order valence-corrected chi connectivity index (χ3v) is 3.76. The van der Waals surface area contributed by atoms with Crippen molar-refractivity contribution < 1.29 is 14.7 Å². The minimum atomic E-state index is -0.927. The molecule has 0 bridgehead atoms. The largest absolute Gasteiger partial charge is 0.481 e. The second kappa shape index (κ2) is 6.05. The van der Waals surface area contributed by atoms with E-state index in [4.69, 9.17) is 5.11 Å². The number of hydrogen-bond donors (Lipinski definition) is 3. The SMILES string of the molecule is CC1(C(=O)NC(CC(=O)O)c2ccccc2)CCCN1. The number of amides is 1. The van der Waals surface area contributed by atoms with Crippen LogP contribution >= 0.6 is 0 Å². The van der Waals surface area contributed by atoms with E-state index in [2.05, 4.69) is 10.6 Å². The molecule has 108 valence electrons. The molecule has 1 aromatic rings. The lowest BCUT2D eigenvalue weighted by Gasteiger charge is -2.27. The third kappa shape index (κ3) is 3.36. The first-order chi connectivity index (χ1) is 9.51. The molecule has 2 atom stereocenters. The van der Waals surface area contributed by atoms with Crippen molar-refractivity contribution in [3.8, 4) is 0 Å². The Morgan fingerprint density at radius 2 is 2.10 bits per heavy atom. The quantitative estimate of drug-likeness (QED) is 0.761. The van der Waals surface area contributed by atoms with E-state index >= 15 is 0 Å². The molecule has 1 fully saturated rings. The minimum absolute atomic E-state index is 0.119. The molecule has 1 amide bonds. The molecular weight excluding hydrogens is 256 g/mol. The van der Waals surface area contributed by atoms with E-state index in [-0.39, 0.29) is 12.3 Å². The molecule has 1 aliphatic heterocycles. The Balaban J connectivity index is 2.12. The van der Waals surface area contributed by atoms with Crippen LogP contribution in [0.4, 0.5) is 0 Å². The zero-order valence-electron chi connectivity index (χ0n) is 11.6. The lowest BCUT2D eigenvalue weighted by Crippen LogP contribution is -2.52. The zero-order chi connectivity index (χ0) is 14.6. The highest BCUT2D eigenvalue weighted by molar-refractivity contribution is 5.87. The Morgan fingerprint density at radius 3 is 2.65 bits per heavy atom. The van der Waals surface area contributed by atoms with Gasteiger partial charge in [-0.2, -0.15) is 0 Å². The fourth-order valence-corrected chi connectivity index (χ4v) is 2.52. The standard InChI is InChI=1S/C15H20N2O3/c1-15(8-5-9-16-15)14(20)17-12(10-13(18)19)11-6-3-2-4-7-11/h2-4,6-7,12,16H,5,8-10H2,1H3,(H,17,20)(H,18,19). The molecule has 2 rings (SSSR count). The highest BCUT2D eigenvalue weighted by atomic mass is 16.4. The Kier molecular flexibility index (Phi) is 4.39. The summed E-state index contributed by atoms with van der Waals surface area (Å²) in [6.07, 6.45) is 1.61. The molecule has 2 unspecified atom stereocenters. The van der Waals surface area contributed by atoms with Gasteiger partial charge in [-0.3, -0.25) is 9.59 Å². The van der Waals surface area contributed by atoms with Crippen molar-refractivity contribution in [2.45, 2.75) is 37.8 Å². The van der Waals surface area contributed by atoms with E-state index in [0.717, 1.165) is 24.9 Å². The van der Waals surface area contributed by atoms with Gasteiger partial charge in [0.1, 0.15) is 0 Å². The molecule has 20 heavy (non-hydrogen) atoms. The van der Waals surface area contributed by atoms with Crippen molar-refractivity contribution >= 4 is 11.9 Å². The van der Waals surface area contributed by atoms with Crippen LogP contribution in [0.15, 0.2) is 30.3 Å². The van der Waals surface area contributed by atoms with Crippen LogP contribution in [0, 0.1) is 0 Å². The lowest BCUT2D eigenvalue weighted by molar-refractivity contribution is -0.138. The summed E-state index contributed by atoms with van der Waals surface area (Å²) in [5, 5.41) is 15.1. The maximum absolute atomic E-state index is 12.4. The van der Waals surface area contributed by atoms with Crippen LogP contribution in [0.25, 0.3) is 0 Å². The first-order valence-corrected chi connectivity index (χ1v) is 6.84. The molecular formula is C15H20N2O3. The fourth-order valence-electron chi connectivity index (χ4n) is 2.52. The van der Waals surface area contributed by atoms with E-state index in [1.807, 2.05) is 37.3 Å². The van der Waals surface area contributed by atoms with Gasteiger partial charge in [0, 0.05) is 0 Å². The van der Waals surface area contributed by atoms with E-state index in [9.17, 15) is 9.59 Å². The van der Waals surface area contributed by atoms with Gasteiger partial charge in [0.15, 0.2) is 0 Å². The minimum Gasteiger partial charge on any atom is -0.481 e. The summed E-state index contributed by atoms with van der Waals surface area (Å²) in [6, 6.07) is 8.71. The van der Waals surface area contributed by atoms with Crippen LogP contribution in [0.2, 0.25) is 0 Å². The van der Waals surface area contributed by atoms with Gasteiger partial charge in [-0.25, -0.2) is 0 Å². The molecule has 3 N–H and O–H groups in total. The van der Waals surface area contributed by atoms with Gasteiger partial charge >= 0.3 is 5.97 Å². The van der Waals surface area contributed by atoms with Gasteiger partial charge in [-0.1, -0.05) is 30.3 Å². The van der Waals surface area contributed by atoms with Gasteiger partial charge in [0.2, 0.25) is 5.91 Å². The van der Waals surface area contributed by atoms with E-state index in [1.165, 1.54) is 0 Å². The van der Waals surface area contributed by atoms with Gasteiger partial charge in [-0.05, 0) is 31.9 Å². The average molecular weight is 276 g/mol. The summed E-state index contributed by atoms with van der Waals surface area (Å²) < 4.78 is 0. The van der Waals surface area contributed by atoms with Gasteiger partial charge < -0.3 is 15.7 Å². The molecule has 0 saturated carbocycles. The van der Waals surface area contributed by atoms with Crippen LogP contribution in [0.3, 0.4) is 0 Å². The highest BCUT2D eigenvalue weighted by Crippen LogP contribution is 2.22. The molecule has 1 aromatic carbocycles. The highest BCUT2D eigenvalue weighted by Gasteiger charge is 2.37. The first kappa shape index (κ1) is 14.5. The summed E-state index contributed by atoms with van der Waals surface area (Å²) in [5.41, 5.74) is 0.218. The van der Waals surface area contributed by atoms with Gasteiger partial charge in [-0.15, -0.1) is 0 Å². The molecule has 5 nitrogen and oxygen atoms in total. The first-order valence-electron chi connectivity index (χ1n) is 6.84. The Morgan fingerprint density at radius 1 is 1.40 bits per heavy atom. The second-order valence-electron chi connectivity index (χ2n) is 5.40. The number of aliphatic carboxylic acids is 1. The monoisotopic (exact) mass is 276 g/mol. The Bertz CT molecular complexity index is 481. The van der Waals surface area contributed by atoms with Crippen LogP contribution in [-0.2, 0) is 9.59 Å². The lowest BCUT2D eigenvalue weighted by atomic mass is 9.97. The molecule has 0 spiro atoms. The van der Waals surface area contributed by atoms with Gasteiger partial charge in [0.25, 0.3) is 0 Å². The maximum atomic E-state index is 12.4. The van der Waals surface area contributed by atoms with Gasteiger partial charge in [0.05, 0.1) is 18.0 Å². The topological polar surface area (TPSA) is 78.4 Å². The molecule has 1 saturated heterocycles. The van der Waals surface area contributed by atoms with E-state index < -0.39 is 17.6 Å². The number of rotatable bonds is 5. The molecule has 1 heterocycles. The summed E-state index contributed by atoms with van der Waals surface area (Å²) in [7, 11) is 0. The smallest absolute Gasteiger partial charge is 0.305 e. The molecule has 0 aliphatic carbocycles. The van der Waals surface area contributed by atoms with Crippen molar-refractivity contribution in [2.24, 2.45) is 0 Å². The maximum Gasteiger partial charge on any atom is 0.305 e. The van der Waals surface area contributed by atoms with E-state index in [1.54, 1.807) is 0 Å². The zero-order valence-corrected chi connectivity index (χ0v) is 11.6. The molecule has 0 radical (unpaired) electrons. The summed E-state index contributed by atoms with van der Waals surface area (Å²) in [4.78, 5) is 23.4. The van der Waals surface area contributed by atoms with Crippen LogP contribution in [0.1, 0.15) is 37.8 Å². The van der Waals surface area contributed by atoms with Crippen molar-refractivity contribution in [3.63, 3.8) is 0 Å². The van der Waals surface area contributed by atoms with Crippen LogP contribution in [0.5, 0.6) is 0 Å². The molecule has 1 aliphatic rings. The summed E-state index contributed by atoms with van der Waals surface area (Å²) in [6.45, 7) is 2.68. The number of benzene rings is 1. The van der Waals surface area contributed by atoms with E-state index in [0.29, 0.717) is 0 Å². The predicted octanol–water partition coefficient (Wildman–Crippen LogP) is 1.46. The number of carbonyl (C=O) groups excluding carboxylic acids is 1. The van der Waals surface area contributed by atoms with Crippen molar-refractivity contribution in [3.05, 3.63) is 35.9 Å². The summed E-state index contributed by atoms with van der Waals surface area (Å²) in [5.74, 6) is -1.06. The number of carboxylic acids is 1. The average Bonchev–Trinajstić information content (AvgIpc) is 2.87. The summed E-state index contributed by atoms with van der Waals surface area (Å²) >= 11 is 0. The van der Waals surface area contributed by atoms with Crippen LogP contribution in [-0.4, -0.2) is 29.1 Å². The van der Waals surface area contributed by atoms with Crippen molar-refractivity contribution in [1.29, 1.82) is 0 Å². The van der Waals surface area contributed by atoms with Crippen LogP contribution < -0.4 is 10.6 Å². The van der Waals surface area contributed by atoms with Crippen molar-refractivity contribution in [2.75, 3.05) is 6.54 Å².